The zero-order valence-electron chi connectivity index (χ0n) is 11.2. The van der Waals surface area contributed by atoms with Crippen LogP contribution in [-0.2, 0) is 0 Å². The van der Waals surface area contributed by atoms with E-state index in [4.69, 9.17) is 0 Å². The van der Waals surface area contributed by atoms with Crippen LogP contribution >= 0.6 is 23.1 Å². The van der Waals surface area contributed by atoms with Gasteiger partial charge >= 0.3 is 0 Å². The molecule has 0 fully saturated rings. The summed E-state index contributed by atoms with van der Waals surface area (Å²) in [6.07, 6.45) is -0.729. The van der Waals surface area contributed by atoms with Crippen LogP contribution in [0.15, 0.2) is 21.5 Å². The molecular formula is C12H13N3O3S2. The van der Waals surface area contributed by atoms with Gasteiger partial charge in [-0.3, -0.25) is 10.1 Å². The highest BCUT2D eigenvalue weighted by molar-refractivity contribution is 8.01. The largest absolute Gasteiger partial charge is 0.388 e. The van der Waals surface area contributed by atoms with Gasteiger partial charge in [-0.2, -0.15) is 0 Å². The average Bonchev–Trinajstić information content (AvgIpc) is 2.71. The first-order valence-electron chi connectivity index (χ1n) is 5.83. The lowest BCUT2D eigenvalue weighted by molar-refractivity contribution is -0.387. The molecule has 0 saturated carbocycles. The van der Waals surface area contributed by atoms with Crippen molar-refractivity contribution >= 4 is 28.8 Å². The number of nitrogens with zero attached hydrogens (tertiary/aromatic N) is 3. The van der Waals surface area contributed by atoms with Crippen LogP contribution in [0, 0.1) is 24.0 Å². The van der Waals surface area contributed by atoms with E-state index in [0.29, 0.717) is 14.2 Å². The average molecular weight is 311 g/mol. The van der Waals surface area contributed by atoms with Crippen LogP contribution in [0.4, 0.5) is 5.69 Å². The molecule has 20 heavy (non-hydrogen) atoms. The molecule has 0 amide bonds. The fraction of sp³-hybridized carbons (Fsp3) is 0.333. The third kappa shape index (κ3) is 3.33. The monoisotopic (exact) mass is 311 g/mol. The summed E-state index contributed by atoms with van der Waals surface area (Å²) in [7, 11) is 0. The standard InChI is InChI=1S/C12H13N3O3S2/c1-6-4-7(2)14-12(13-6)20-11-9(15(17)18)5-10(19-11)8(3)16/h4-5,8,16H,1-3H3/t8-/m1/s1. The van der Waals surface area contributed by atoms with E-state index in [0.717, 1.165) is 23.1 Å². The van der Waals surface area contributed by atoms with Gasteiger partial charge in [0.1, 0.15) is 4.21 Å². The second-order valence-corrected chi connectivity index (χ2v) is 6.61. The fourth-order valence-electron chi connectivity index (χ4n) is 1.61. The van der Waals surface area contributed by atoms with Gasteiger partial charge in [-0.05, 0) is 38.6 Å². The van der Waals surface area contributed by atoms with E-state index in [1.807, 2.05) is 19.9 Å². The zero-order valence-corrected chi connectivity index (χ0v) is 12.8. The van der Waals surface area contributed by atoms with Crippen LogP contribution in [0.1, 0.15) is 29.3 Å². The Morgan fingerprint density at radius 2 is 1.95 bits per heavy atom. The predicted octanol–water partition coefficient (Wildman–Crippen LogP) is 3.27. The number of aryl methyl sites for hydroxylation is 2. The van der Waals surface area contributed by atoms with E-state index >= 15 is 0 Å². The van der Waals surface area contributed by atoms with E-state index in [1.165, 1.54) is 17.4 Å². The molecule has 0 saturated heterocycles. The molecular weight excluding hydrogens is 298 g/mol. The molecule has 6 nitrogen and oxygen atoms in total. The van der Waals surface area contributed by atoms with E-state index in [9.17, 15) is 15.2 Å². The first-order chi connectivity index (χ1) is 9.36. The maximum Gasteiger partial charge on any atom is 0.294 e. The highest BCUT2D eigenvalue weighted by atomic mass is 32.2. The third-order valence-corrected chi connectivity index (χ3v) is 4.80. The first-order valence-corrected chi connectivity index (χ1v) is 7.46. The van der Waals surface area contributed by atoms with Crippen LogP contribution in [0.2, 0.25) is 0 Å². The van der Waals surface area contributed by atoms with Crippen molar-refractivity contribution in [3.05, 3.63) is 38.5 Å². The van der Waals surface area contributed by atoms with Crippen LogP contribution in [0.25, 0.3) is 0 Å². The summed E-state index contributed by atoms with van der Waals surface area (Å²) in [5, 5.41) is 21.1. The SMILES string of the molecule is Cc1cc(C)nc(Sc2sc([C@@H](C)O)cc2[N+](=O)[O-])n1. The summed E-state index contributed by atoms with van der Waals surface area (Å²) in [5.41, 5.74) is 1.61. The number of rotatable bonds is 4. The van der Waals surface area contributed by atoms with Crippen molar-refractivity contribution in [1.29, 1.82) is 0 Å². The molecule has 0 spiro atoms. The lowest BCUT2D eigenvalue weighted by Crippen LogP contribution is -1.93. The molecule has 2 rings (SSSR count). The Morgan fingerprint density at radius 1 is 1.35 bits per heavy atom. The summed E-state index contributed by atoms with van der Waals surface area (Å²) in [5.74, 6) is 0. The highest BCUT2D eigenvalue weighted by Crippen LogP contribution is 2.42. The Labute approximate surface area is 124 Å². The molecule has 2 aromatic rings. The van der Waals surface area contributed by atoms with Crippen molar-refractivity contribution in [2.24, 2.45) is 0 Å². The number of aromatic nitrogens is 2. The fourth-order valence-corrected chi connectivity index (χ4v) is 3.87. The number of hydrogen-bond donors (Lipinski definition) is 1. The second kappa shape index (κ2) is 5.86. The quantitative estimate of drug-likeness (QED) is 0.529. The molecule has 1 N–H and O–H groups in total. The van der Waals surface area contributed by atoms with E-state index < -0.39 is 11.0 Å². The first kappa shape index (κ1) is 14.9. The lowest BCUT2D eigenvalue weighted by atomic mass is 10.3. The van der Waals surface area contributed by atoms with Crippen LogP contribution < -0.4 is 0 Å². The van der Waals surface area contributed by atoms with Gasteiger partial charge in [-0.1, -0.05) is 0 Å². The van der Waals surface area contributed by atoms with Crippen molar-refractivity contribution < 1.29 is 10.0 Å². The molecule has 8 heteroatoms. The van der Waals surface area contributed by atoms with Gasteiger partial charge in [0, 0.05) is 22.3 Å². The van der Waals surface area contributed by atoms with E-state index in [1.54, 1.807) is 6.92 Å². The smallest absolute Gasteiger partial charge is 0.294 e. The molecule has 0 aromatic carbocycles. The number of nitro groups is 1. The molecule has 0 aliphatic carbocycles. The Morgan fingerprint density at radius 3 is 2.45 bits per heavy atom. The zero-order chi connectivity index (χ0) is 14.9. The molecule has 106 valence electrons. The highest BCUT2D eigenvalue weighted by Gasteiger charge is 2.22. The summed E-state index contributed by atoms with van der Waals surface area (Å²) < 4.78 is 0.482. The van der Waals surface area contributed by atoms with Gasteiger partial charge in [0.15, 0.2) is 5.16 Å². The van der Waals surface area contributed by atoms with Crippen molar-refractivity contribution in [2.45, 2.75) is 36.2 Å². The Balaban J connectivity index is 2.39. The molecule has 0 aliphatic rings. The predicted molar refractivity (Wildman–Crippen MR) is 77.2 cm³/mol. The number of aliphatic hydroxyl groups excluding tert-OH is 1. The number of hydrogen-bond acceptors (Lipinski definition) is 7. The van der Waals surface area contributed by atoms with Crippen LogP contribution in [-0.4, -0.2) is 20.0 Å². The number of aliphatic hydroxyl groups is 1. The molecule has 0 radical (unpaired) electrons. The van der Waals surface area contributed by atoms with Crippen molar-refractivity contribution in [3.8, 4) is 0 Å². The molecule has 2 heterocycles. The summed E-state index contributed by atoms with van der Waals surface area (Å²) in [6, 6.07) is 3.24. The Hall–Kier alpha value is -1.51. The minimum atomic E-state index is -0.729. The van der Waals surface area contributed by atoms with Gasteiger partial charge in [0.25, 0.3) is 5.69 Å². The van der Waals surface area contributed by atoms with Gasteiger partial charge < -0.3 is 5.11 Å². The summed E-state index contributed by atoms with van der Waals surface area (Å²) in [4.78, 5) is 19.7. The summed E-state index contributed by atoms with van der Waals surface area (Å²) >= 11 is 2.35. The van der Waals surface area contributed by atoms with Crippen molar-refractivity contribution in [3.63, 3.8) is 0 Å². The Bertz CT molecular complexity index is 635. The van der Waals surface area contributed by atoms with Crippen LogP contribution in [0.3, 0.4) is 0 Å². The second-order valence-electron chi connectivity index (χ2n) is 4.29. The maximum absolute atomic E-state index is 11.1. The van der Waals surface area contributed by atoms with Crippen molar-refractivity contribution in [1.82, 2.24) is 9.97 Å². The van der Waals surface area contributed by atoms with Gasteiger partial charge in [-0.25, -0.2) is 9.97 Å². The molecule has 0 bridgehead atoms. The van der Waals surface area contributed by atoms with Crippen LogP contribution in [0.5, 0.6) is 0 Å². The molecule has 0 unspecified atom stereocenters. The maximum atomic E-state index is 11.1. The minimum absolute atomic E-state index is 0.0151. The van der Waals surface area contributed by atoms with Crippen molar-refractivity contribution in [2.75, 3.05) is 0 Å². The Kier molecular flexibility index (Phi) is 4.36. The molecule has 2 aromatic heterocycles. The molecule has 1 atom stereocenters. The topological polar surface area (TPSA) is 89.2 Å². The summed E-state index contributed by atoms with van der Waals surface area (Å²) in [6.45, 7) is 5.28. The lowest BCUT2D eigenvalue weighted by Gasteiger charge is -2.01. The van der Waals surface area contributed by atoms with E-state index in [-0.39, 0.29) is 5.69 Å². The van der Waals surface area contributed by atoms with Gasteiger partial charge in [0.05, 0.1) is 11.0 Å². The minimum Gasteiger partial charge on any atom is -0.388 e. The van der Waals surface area contributed by atoms with Gasteiger partial charge in [-0.15, -0.1) is 11.3 Å². The number of thiophene rings is 1. The molecule has 0 aliphatic heterocycles. The normalized spacial score (nSPS) is 12.4. The third-order valence-electron chi connectivity index (χ3n) is 2.45. The van der Waals surface area contributed by atoms with Gasteiger partial charge in [0.2, 0.25) is 0 Å². The van der Waals surface area contributed by atoms with E-state index in [2.05, 4.69) is 9.97 Å².